The van der Waals surface area contributed by atoms with Crippen molar-refractivity contribution in [2.75, 3.05) is 0 Å². The average molecular weight is 340 g/mol. The van der Waals surface area contributed by atoms with Gasteiger partial charge in [-0.25, -0.2) is 0 Å². The summed E-state index contributed by atoms with van der Waals surface area (Å²) in [4.78, 5) is 0. The second-order valence-corrected chi connectivity index (χ2v) is 8.23. The van der Waals surface area contributed by atoms with Crippen LogP contribution in [0.1, 0.15) is 0 Å². The summed E-state index contributed by atoms with van der Waals surface area (Å²) < 4.78 is 3.05. The number of benzene rings is 2. The van der Waals surface area contributed by atoms with Crippen LogP contribution in [-0.2, 0) is 0 Å². The van der Waals surface area contributed by atoms with Crippen molar-refractivity contribution >= 4 is 38.8 Å². The Balaban J connectivity index is 1.70. The molecule has 16 heavy (non-hydrogen) atoms. The van der Waals surface area contributed by atoms with Crippen LogP contribution in [0.15, 0.2) is 60.7 Å². The SMILES string of the molecule is c1ccc([Se]CC[Se]c2ccccc2)cc1. The van der Waals surface area contributed by atoms with Crippen LogP contribution in [0, 0.1) is 0 Å². The second-order valence-electron chi connectivity index (χ2n) is 3.32. The van der Waals surface area contributed by atoms with E-state index in [1.54, 1.807) is 0 Å². The van der Waals surface area contributed by atoms with Gasteiger partial charge in [0.1, 0.15) is 0 Å². The van der Waals surface area contributed by atoms with E-state index < -0.39 is 0 Å². The fraction of sp³-hybridized carbons (Fsp3) is 0.143. The van der Waals surface area contributed by atoms with Crippen molar-refractivity contribution in [1.29, 1.82) is 0 Å². The maximum absolute atomic E-state index is 2.25. The summed E-state index contributed by atoms with van der Waals surface area (Å²) >= 11 is 1.33. The summed E-state index contributed by atoms with van der Waals surface area (Å²) in [7, 11) is 0. The third kappa shape index (κ3) is 4.15. The molecule has 0 N–H and O–H groups in total. The Labute approximate surface area is 110 Å². The molecular weight excluding hydrogens is 326 g/mol. The minimum absolute atomic E-state index is 0.664. The van der Waals surface area contributed by atoms with Gasteiger partial charge in [-0.05, 0) is 0 Å². The van der Waals surface area contributed by atoms with Gasteiger partial charge >= 0.3 is 110 Å². The molecule has 0 amide bonds. The molecule has 2 aromatic carbocycles. The molecule has 0 saturated heterocycles. The van der Waals surface area contributed by atoms with Gasteiger partial charge in [0.25, 0.3) is 0 Å². The Bertz CT molecular complexity index is 356. The van der Waals surface area contributed by atoms with Crippen LogP contribution in [0.2, 0.25) is 10.6 Å². The average Bonchev–Trinajstić information content (AvgIpc) is 2.37. The molecule has 2 aromatic rings. The third-order valence-electron chi connectivity index (χ3n) is 2.11. The molecule has 0 aliphatic rings. The zero-order valence-corrected chi connectivity index (χ0v) is 12.4. The molecule has 0 fully saturated rings. The van der Waals surface area contributed by atoms with Gasteiger partial charge in [0.05, 0.1) is 0 Å². The molecule has 0 heterocycles. The molecule has 2 rings (SSSR count). The van der Waals surface area contributed by atoms with Crippen LogP contribution in [-0.4, -0.2) is 29.9 Å². The van der Waals surface area contributed by atoms with Gasteiger partial charge in [-0.2, -0.15) is 0 Å². The summed E-state index contributed by atoms with van der Waals surface area (Å²) in [5.41, 5.74) is 0. The van der Waals surface area contributed by atoms with Crippen LogP contribution in [0.5, 0.6) is 0 Å². The fourth-order valence-electron chi connectivity index (χ4n) is 1.35. The Morgan fingerprint density at radius 1 is 0.562 bits per heavy atom. The molecule has 0 radical (unpaired) electrons. The Kier molecular flexibility index (Phi) is 5.18. The van der Waals surface area contributed by atoms with Gasteiger partial charge in [-0.1, -0.05) is 0 Å². The zero-order chi connectivity index (χ0) is 11.1. The molecule has 0 spiro atoms. The monoisotopic (exact) mass is 342 g/mol. The molecular formula is C14H14Se2. The molecule has 0 saturated carbocycles. The van der Waals surface area contributed by atoms with Crippen molar-refractivity contribution in [1.82, 2.24) is 0 Å². The first-order valence-corrected chi connectivity index (χ1v) is 9.44. The van der Waals surface area contributed by atoms with Crippen molar-refractivity contribution in [3.05, 3.63) is 60.7 Å². The summed E-state index contributed by atoms with van der Waals surface area (Å²) in [5.74, 6) is 0. The number of rotatable bonds is 5. The van der Waals surface area contributed by atoms with Gasteiger partial charge in [-0.3, -0.25) is 0 Å². The zero-order valence-electron chi connectivity index (χ0n) is 9.00. The fourth-order valence-corrected chi connectivity index (χ4v) is 5.98. The summed E-state index contributed by atoms with van der Waals surface area (Å²) in [6, 6.07) is 21.7. The number of hydrogen-bond donors (Lipinski definition) is 0. The predicted octanol–water partition coefficient (Wildman–Crippen LogP) is 1.88. The molecule has 0 nitrogen and oxygen atoms in total. The first-order valence-electron chi connectivity index (χ1n) is 5.31. The van der Waals surface area contributed by atoms with E-state index in [4.69, 9.17) is 0 Å². The summed E-state index contributed by atoms with van der Waals surface area (Å²) in [5, 5.41) is 2.73. The van der Waals surface area contributed by atoms with E-state index >= 15 is 0 Å². The second kappa shape index (κ2) is 6.93. The molecule has 0 aromatic heterocycles. The molecule has 0 unspecified atom stereocenters. The van der Waals surface area contributed by atoms with Gasteiger partial charge in [-0.15, -0.1) is 0 Å². The van der Waals surface area contributed by atoms with E-state index in [9.17, 15) is 0 Å². The summed E-state index contributed by atoms with van der Waals surface area (Å²) in [6.07, 6.45) is 0. The Hall–Kier alpha value is -0.521. The van der Waals surface area contributed by atoms with E-state index in [2.05, 4.69) is 60.7 Å². The van der Waals surface area contributed by atoms with Crippen molar-refractivity contribution < 1.29 is 0 Å². The van der Waals surface area contributed by atoms with Crippen LogP contribution < -0.4 is 8.92 Å². The topological polar surface area (TPSA) is 0 Å². The summed E-state index contributed by atoms with van der Waals surface area (Å²) in [6.45, 7) is 0. The molecule has 2 heteroatoms. The van der Waals surface area contributed by atoms with E-state index in [1.807, 2.05) is 0 Å². The first-order chi connectivity index (χ1) is 7.95. The standard InChI is InChI=1S/C14H14Se2/c1-3-7-13(8-4-1)15-11-12-16-14-9-5-2-6-10-14/h1-10H,11-12H2. The van der Waals surface area contributed by atoms with Gasteiger partial charge in [0.15, 0.2) is 0 Å². The van der Waals surface area contributed by atoms with Crippen molar-refractivity contribution in [3.8, 4) is 0 Å². The Morgan fingerprint density at radius 3 is 1.31 bits per heavy atom. The van der Waals surface area contributed by atoms with E-state index in [0.29, 0.717) is 29.9 Å². The minimum atomic E-state index is 0.664. The third-order valence-corrected chi connectivity index (χ3v) is 7.67. The molecule has 0 aliphatic carbocycles. The van der Waals surface area contributed by atoms with Crippen molar-refractivity contribution in [2.24, 2.45) is 0 Å². The molecule has 0 atom stereocenters. The first kappa shape index (κ1) is 11.9. The van der Waals surface area contributed by atoms with Crippen molar-refractivity contribution in [2.45, 2.75) is 10.6 Å². The van der Waals surface area contributed by atoms with Gasteiger partial charge < -0.3 is 0 Å². The van der Waals surface area contributed by atoms with E-state index in [0.717, 1.165) is 0 Å². The normalized spacial score (nSPS) is 10.2. The molecule has 0 bridgehead atoms. The van der Waals surface area contributed by atoms with Gasteiger partial charge in [0.2, 0.25) is 0 Å². The van der Waals surface area contributed by atoms with E-state index in [-0.39, 0.29) is 0 Å². The van der Waals surface area contributed by atoms with Crippen LogP contribution in [0.4, 0.5) is 0 Å². The predicted molar refractivity (Wildman–Crippen MR) is 73.3 cm³/mol. The van der Waals surface area contributed by atoms with E-state index in [1.165, 1.54) is 19.6 Å². The van der Waals surface area contributed by atoms with Crippen LogP contribution in [0.25, 0.3) is 0 Å². The Morgan fingerprint density at radius 2 is 0.938 bits per heavy atom. The van der Waals surface area contributed by atoms with Crippen LogP contribution >= 0.6 is 0 Å². The molecule has 82 valence electrons. The van der Waals surface area contributed by atoms with Crippen LogP contribution in [0.3, 0.4) is 0 Å². The van der Waals surface area contributed by atoms with Gasteiger partial charge in [0, 0.05) is 0 Å². The molecule has 0 aliphatic heterocycles. The number of hydrogen-bond acceptors (Lipinski definition) is 0. The van der Waals surface area contributed by atoms with Crippen molar-refractivity contribution in [3.63, 3.8) is 0 Å². The quantitative estimate of drug-likeness (QED) is 0.576. The maximum atomic E-state index is 2.25.